The topological polar surface area (TPSA) is 73.8 Å². The van der Waals surface area contributed by atoms with E-state index in [9.17, 15) is 9.90 Å². The van der Waals surface area contributed by atoms with Crippen molar-refractivity contribution in [3.63, 3.8) is 0 Å². The second kappa shape index (κ2) is 8.10. The van der Waals surface area contributed by atoms with Crippen molar-refractivity contribution < 1.29 is 14.6 Å². The van der Waals surface area contributed by atoms with E-state index in [1.165, 1.54) is 11.3 Å². The summed E-state index contributed by atoms with van der Waals surface area (Å²) in [6.45, 7) is 5.12. The van der Waals surface area contributed by atoms with Gasteiger partial charge in [-0.3, -0.25) is 4.79 Å². The molecule has 0 spiro atoms. The molecule has 0 radical (unpaired) electrons. The van der Waals surface area contributed by atoms with Crippen molar-refractivity contribution in [2.24, 2.45) is 0 Å². The van der Waals surface area contributed by atoms with Gasteiger partial charge in [0.1, 0.15) is 11.4 Å². The fourth-order valence-corrected chi connectivity index (χ4v) is 3.43. The summed E-state index contributed by atoms with van der Waals surface area (Å²) in [7, 11) is 4.08. The zero-order chi connectivity index (χ0) is 20.3. The van der Waals surface area contributed by atoms with Crippen molar-refractivity contribution in [3.8, 4) is 11.5 Å². The number of anilines is 2. The number of hydrogen-bond donors (Lipinski definition) is 3. The minimum Gasteiger partial charge on any atom is -0.506 e. The monoisotopic (exact) mass is 383 g/mol. The predicted octanol–water partition coefficient (Wildman–Crippen LogP) is 2.94. The molecule has 1 heterocycles. The van der Waals surface area contributed by atoms with Crippen molar-refractivity contribution in [2.45, 2.75) is 32.2 Å². The van der Waals surface area contributed by atoms with Crippen LogP contribution in [0, 0.1) is 0 Å². The second-order valence-corrected chi connectivity index (χ2v) is 8.08. The Morgan fingerprint density at radius 1 is 1.18 bits per heavy atom. The summed E-state index contributed by atoms with van der Waals surface area (Å²) in [6.07, 6.45) is 1.66. The van der Waals surface area contributed by atoms with Crippen molar-refractivity contribution >= 4 is 17.3 Å². The molecule has 0 saturated carbocycles. The van der Waals surface area contributed by atoms with Gasteiger partial charge < -0.3 is 25.4 Å². The molecular weight excluding hydrogens is 354 g/mol. The van der Waals surface area contributed by atoms with E-state index >= 15 is 0 Å². The maximum atomic E-state index is 11.5. The Morgan fingerprint density at radius 3 is 2.57 bits per heavy atom. The summed E-state index contributed by atoms with van der Waals surface area (Å²) in [4.78, 5) is 13.6. The van der Waals surface area contributed by atoms with Crippen LogP contribution < -0.4 is 20.3 Å². The lowest BCUT2D eigenvalue weighted by Gasteiger charge is -2.28. The molecule has 28 heavy (non-hydrogen) atoms. The van der Waals surface area contributed by atoms with Crippen molar-refractivity contribution in [1.82, 2.24) is 5.32 Å². The van der Waals surface area contributed by atoms with Crippen LogP contribution >= 0.6 is 0 Å². The molecule has 3 N–H and O–H groups in total. The zero-order valence-electron chi connectivity index (χ0n) is 17.0. The van der Waals surface area contributed by atoms with Gasteiger partial charge >= 0.3 is 0 Å². The predicted molar refractivity (Wildman–Crippen MR) is 112 cm³/mol. The van der Waals surface area contributed by atoms with Gasteiger partial charge in [-0.05, 0) is 62.6 Å². The first-order valence-corrected chi connectivity index (χ1v) is 9.54. The molecule has 1 aliphatic heterocycles. The van der Waals surface area contributed by atoms with Gasteiger partial charge in [-0.15, -0.1) is 0 Å². The highest BCUT2D eigenvalue weighted by Gasteiger charge is 2.23. The van der Waals surface area contributed by atoms with E-state index in [0.717, 1.165) is 24.9 Å². The number of amides is 1. The maximum absolute atomic E-state index is 11.5. The van der Waals surface area contributed by atoms with E-state index in [0.29, 0.717) is 11.4 Å². The van der Waals surface area contributed by atoms with E-state index in [1.54, 1.807) is 6.07 Å². The van der Waals surface area contributed by atoms with Crippen LogP contribution in [0.25, 0.3) is 0 Å². The van der Waals surface area contributed by atoms with Crippen LogP contribution in [0.4, 0.5) is 11.4 Å². The second-order valence-electron chi connectivity index (χ2n) is 8.08. The molecule has 6 nitrogen and oxygen atoms in total. The number of phenolic OH excluding ortho intramolecular Hbond substituents is 1. The minimum absolute atomic E-state index is 0.0225. The summed E-state index contributed by atoms with van der Waals surface area (Å²) in [5.41, 5.74) is 3.75. The highest BCUT2D eigenvalue weighted by atomic mass is 16.5. The Kier molecular flexibility index (Phi) is 5.79. The standard InChI is InChI=1S/C22H29N3O3/c1-22(2,13-15-5-8-17(9-6-15)25(3)4)23-12-11-16-7-10-18(26)20-21(16)28-14-19(27)24-20/h5-10,23,26H,11-14H2,1-4H3,(H,24,27). The largest absolute Gasteiger partial charge is 0.506 e. The number of nitrogens with zero attached hydrogens (tertiary/aromatic N) is 1. The number of benzene rings is 2. The summed E-state index contributed by atoms with van der Waals surface area (Å²) >= 11 is 0. The van der Waals surface area contributed by atoms with Gasteiger partial charge in [0, 0.05) is 25.3 Å². The van der Waals surface area contributed by atoms with Crippen molar-refractivity contribution in [3.05, 3.63) is 47.5 Å². The van der Waals surface area contributed by atoms with Crippen LogP contribution in [-0.4, -0.2) is 43.8 Å². The number of phenols is 1. The van der Waals surface area contributed by atoms with Crippen LogP contribution in [0.5, 0.6) is 11.5 Å². The smallest absolute Gasteiger partial charge is 0.262 e. The maximum Gasteiger partial charge on any atom is 0.262 e. The van der Waals surface area contributed by atoms with Crippen LogP contribution in [0.3, 0.4) is 0 Å². The van der Waals surface area contributed by atoms with Gasteiger partial charge in [0.2, 0.25) is 0 Å². The summed E-state index contributed by atoms with van der Waals surface area (Å²) in [5.74, 6) is 0.347. The number of carbonyl (C=O) groups is 1. The first-order chi connectivity index (χ1) is 13.2. The van der Waals surface area contributed by atoms with Gasteiger partial charge in [0.05, 0.1) is 0 Å². The zero-order valence-corrected chi connectivity index (χ0v) is 17.0. The van der Waals surface area contributed by atoms with Gasteiger partial charge in [0.25, 0.3) is 5.91 Å². The molecule has 0 aromatic heterocycles. The molecule has 3 rings (SSSR count). The SMILES string of the molecule is CN(C)c1ccc(CC(C)(C)NCCc2ccc(O)c3c2OCC(=O)N3)cc1. The minimum atomic E-state index is -0.250. The number of hydrogen-bond acceptors (Lipinski definition) is 5. The average molecular weight is 383 g/mol. The molecule has 0 unspecified atom stereocenters. The summed E-state index contributed by atoms with van der Waals surface area (Å²) < 4.78 is 5.55. The van der Waals surface area contributed by atoms with Crippen molar-refractivity contribution in [1.29, 1.82) is 0 Å². The number of ether oxygens (including phenoxy) is 1. The fraction of sp³-hybridized carbons (Fsp3) is 0.409. The van der Waals surface area contributed by atoms with E-state index in [-0.39, 0.29) is 23.8 Å². The van der Waals surface area contributed by atoms with Crippen molar-refractivity contribution in [2.75, 3.05) is 37.5 Å². The number of rotatable bonds is 7. The first-order valence-electron chi connectivity index (χ1n) is 9.54. The Bertz CT molecular complexity index is 845. The molecular formula is C22H29N3O3. The lowest BCUT2D eigenvalue weighted by molar-refractivity contribution is -0.118. The van der Waals surface area contributed by atoms with Gasteiger partial charge in [-0.25, -0.2) is 0 Å². The average Bonchev–Trinajstić information content (AvgIpc) is 2.64. The third-order valence-electron chi connectivity index (χ3n) is 4.93. The normalized spacial score (nSPS) is 13.5. The molecule has 0 fully saturated rings. The molecule has 0 saturated heterocycles. The molecule has 0 aliphatic carbocycles. The molecule has 1 amide bonds. The first kappa shape index (κ1) is 20.0. The number of aromatic hydroxyl groups is 1. The highest BCUT2D eigenvalue weighted by Crippen LogP contribution is 2.39. The fourth-order valence-electron chi connectivity index (χ4n) is 3.43. The van der Waals surface area contributed by atoms with Gasteiger partial charge in [0.15, 0.2) is 12.4 Å². The molecule has 6 heteroatoms. The quantitative estimate of drug-likeness (QED) is 0.641. The van der Waals surface area contributed by atoms with E-state index in [2.05, 4.69) is 53.6 Å². The van der Waals surface area contributed by atoms with Crippen LogP contribution in [-0.2, 0) is 17.6 Å². The van der Waals surface area contributed by atoms with E-state index in [1.807, 2.05) is 20.2 Å². The Hall–Kier alpha value is -2.73. The molecule has 0 bridgehead atoms. The van der Waals surface area contributed by atoms with E-state index < -0.39 is 0 Å². The molecule has 2 aromatic rings. The Labute approximate surface area is 166 Å². The lowest BCUT2D eigenvalue weighted by Crippen LogP contribution is -2.42. The van der Waals surface area contributed by atoms with Crippen LogP contribution in [0.15, 0.2) is 36.4 Å². The number of nitrogens with one attached hydrogen (secondary N) is 2. The van der Waals surface area contributed by atoms with Crippen LogP contribution in [0.1, 0.15) is 25.0 Å². The molecule has 2 aromatic carbocycles. The number of carbonyl (C=O) groups excluding carboxylic acids is 1. The Morgan fingerprint density at radius 2 is 1.89 bits per heavy atom. The third kappa shape index (κ3) is 4.75. The number of fused-ring (bicyclic) bond motifs is 1. The molecule has 150 valence electrons. The Balaban J connectivity index is 1.59. The summed E-state index contributed by atoms with van der Waals surface area (Å²) in [5, 5.41) is 16.2. The summed E-state index contributed by atoms with van der Waals surface area (Å²) in [6, 6.07) is 12.1. The highest BCUT2D eigenvalue weighted by molar-refractivity contribution is 5.97. The molecule has 1 aliphatic rings. The lowest BCUT2D eigenvalue weighted by atomic mass is 9.94. The van der Waals surface area contributed by atoms with E-state index in [4.69, 9.17) is 4.74 Å². The molecule has 0 atom stereocenters. The van der Waals surface area contributed by atoms with Gasteiger partial charge in [-0.1, -0.05) is 18.2 Å². The van der Waals surface area contributed by atoms with Crippen LogP contribution in [0.2, 0.25) is 0 Å². The third-order valence-corrected chi connectivity index (χ3v) is 4.93. The van der Waals surface area contributed by atoms with Gasteiger partial charge in [-0.2, -0.15) is 0 Å².